The minimum atomic E-state index is -1.83. The maximum Gasteiger partial charge on any atom is 0.192 e. The third kappa shape index (κ3) is 7.37. The minimum absolute atomic E-state index is 0.102. The van der Waals surface area contributed by atoms with Gasteiger partial charge in [-0.15, -0.1) is 0 Å². The second-order valence-electron chi connectivity index (χ2n) is 10.7. The zero-order valence-electron chi connectivity index (χ0n) is 19.5. The summed E-state index contributed by atoms with van der Waals surface area (Å²) in [7, 11) is -3.66. The smallest absolute Gasteiger partial charge is 0.192 e. The Morgan fingerprint density at radius 2 is 1.26 bits per heavy atom. The highest BCUT2D eigenvalue weighted by Gasteiger charge is 2.40. The number of ether oxygens (including phenoxy) is 1. The maximum absolute atomic E-state index is 6.46. The standard InChI is InChI=1S/C22H42O3Si2/c1-18-13-12-14-19(15-18)25-20(16-23-26(8,9)21(2,3)4)17-24-27(10,11)22(5,6)7/h12-15,20H,16-17H2,1-11H3. The van der Waals surface area contributed by atoms with Crippen LogP contribution in [0.2, 0.25) is 36.3 Å². The monoisotopic (exact) mass is 410 g/mol. The molecule has 1 rings (SSSR count). The molecule has 0 spiro atoms. The van der Waals surface area contributed by atoms with Gasteiger partial charge >= 0.3 is 0 Å². The topological polar surface area (TPSA) is 27.7 Å². The van der Waals surface area contributed by atoms with Crippen molar-refractivity contribution in [3.05, 3.63) is 29.8 Å². The Hall–Kier alpha value is -0.626. The fraction of sp³-hybridized carbons (Fsp3) is 0.727. The zero-order valence-corrected chi connectivity index (χ0v) is 21.5. The summed E-state index contributed by atoms with van der Waals surface area (Å²) in [4.78, 5) is 0. The molecule has 0 saturated carbocycles. The first-order chi connectivity index (χ1) is 12.1. The largest absolute Gasteiger partial charge is 0.486 e. The van der Waals surface area contributed by atoms with Crippen LogP contribution in [0.25, 0.3) is 0 Å². The van der Waals surface area contributed by atoms with Gasteiger partial charge in [0.1, 0.15) is 11.9 Å². The van der Waals surface area contributed by atoms with Gasteiger partial charge in [-0.1, -0.05) is 53.7 Å². The van der Waals surface area contributed by atoms with Gasteiger partial charge in [-0.25, -0.2) is 0 Å². The summed E-state index contributed by atoms with van der Waals surface area (Å²) in [5.41, 5.74) is 1.20. The first kappa shape index (κ1) is 24.4. The molecule has 0 bridgehead atoms. The summed E-state index contributed by atoms with van der Waals surface area (Å²) in [5.74, 6) is 0.887. The highest BCUT2D eigenvalue weighted by molar-refractivity contribution is 6.74. The zero-order chi connectivity index (χ0) is 21.1. The van der Waals surface area contributed by atoms with Crippen molar-refractivity contribution in [1.29, 1.82) is 0 Å². The number of hydrogen-bond donors (Lipinski definition) is 0. The summed E-state index contributed by atoms with van der Waals surface area (Å²) in [5, 5.41) is 0.363. The van der Waals surface area contributed by atoms with E-state index < -0.39 is 16.6 Å². The number of rotatable bonds is 8. The van der Waals surface area contributed by atoms with E-state index in [9.17, 15) is 0 Å². The third-order valence-corrected chi connectivity index (χ3v) is 15.2. The maximum atomic E-state index is 6.46. The van der Waals surface area contributed by atoms with E-state index in [0.29, 0.717) is 13.2 Å². The lowest BCUT2D eigenvalue weighted by molar-refractivity contribution is 0.0705. The molecule has 0 N–H and O–H groups in total. The lowest BCUT2D eigenvalue weighted by Crippen LogP contribution is -2.47. The fourth-order valence-electron chi connectivity index (χ4n) is 2.03. The van der Waals surface area contributed by atoms with Crippen molar-refractivity contribution >= 4 is 16.6 Å². The van der Waals surface area contributed by atoms with Gasteiger partial charge in [0.15, 0.2) is 16.6 Å². The molecule has 0 radical (unpaired) electrons. The van der Waals surface area contributed by atoms with Crippen molar-refractivity contribution < 1.29 is 13.6 Å². The van der Waals surface area contributed by atoms with Gasteiger partial charge < -0.3 is 13.6 Å². The van der Waals surface area contributed by atoms with Crippen molar-refractivity contribution in [2.75, 3.05) is 13.2 Å². The molecule has 1 aromatic carbocycles. The highest BCUT2D eigenvalue weighted by Crippen LogP contribution is 2.38. The summed E-state index contributed by atoms with van der Waals surface area (Å²) in [6.45, 7) is 25.9. The van der Waals surface area contributed by atoms with Crippen molar-refractivity contribution in [3.8, 4) is 5.75 Å². The van der Waals surface area contributed by atoms with Crippen LogP contribution in [-0.2, 0) is 8.85 Å². The van der Waals surface area contributed by atoms with Crippen LogP contribution in [0.1, 0.15) is 47.1 Å². The summed E-state index contributed by atoms with van der Waals surface area (Å²) in [6.07, 6.45) is -0.102. The Morgan fingerprint density at radius 3 is 1.63 bits per heavy atom. The van der Waals surface area contributed by atoms with Crippen LogP contribution in [0.5, 0.6) is 5.75 Å². The molecule has 0 amide bonds. The molecule has 156 valence electrons. The lowest BCUT2D eigenvalue weighted by Gasteiger charge is -2.39. The Labute approximate surface area is 170 Å². The van der Waals surface area contributed by atoms with Crippen molar-refractivity contribution in [1.82, 2.24) is 0 Å². The highest BCUT2D eigenvalue weighted by atomic mass is 28.4. The molecule has 0 fully saturated rings. The number of aryl methyl sites for hydroxylation is 1. The van der Waals surface area contributed by atoms with Crippen molar-refractivity contribution in [2.45, 2.75) is 90.8 Å². The Kier molecular flexibility index (Phi) is 7.96. The molecule has 0 aromatic heterocycles. The second kappa shape index (κ2) is 8.81. The Morgan fingerprint density at radius 1 is 0.815 bits per heavy atom. The fourth-order valence-corrected chi connectivity index (χ4v) is 4.10. The van der Waals surface area contributed by atoms with E-state index in [1.165, 1.54) is 5.56 Å². The summed E-state index contributed by atoms with van der Waals surface area (Å²) in [6, 6.07) is 8.20. The van der Waals surface area contributed by atoms with Crippen LogP contribution in [0.3, 0.4) is 0 Å². The lowest BCUT2D eigenvalue weighted by atomic mass is 10.2. The van der Waals surface area contributed by atoms with Crippen LogP contribution in [0, 0.1) is 6.92 Å². The summed E-state index contributed by atoms with van der Waals surface area (Å²) >= 11 is 0. The van der Waals surface area contributed by atoms with Crippen LogP contribution < -0.4 is 4.74 Å². The van der Waals surface area contributed by atoms with Gasteiger partial charge in [-0.05, 0) is 60.9 Å². The first-order valence-corrected chi connectivity index (χ1v) is 15.9. The molecular formula is C22H42O3Si2. The van der Waals surface area contributed by atoms with Crippen molar-refractivity contribution in [2.24, 2.45) is 0 Å². The normalized spacial score (nSPS) is 13.9. The molecule has 0 heterocycles. The number of hydrogen-bond acceptors (Lipinski definition) is 3. The molecule has 27 heavy (non-hydrogen) atoms. The molecule has 0 atom stereocenters. The van der Waals surface area contributed by atoms with E-state index in [1.807, 2.05) is 12.1 Å². The van der Waals surface area contributed by atoms with E-state index in [-0.39, 0.29) is 16.2 Å². The second-order valence-corrected chi connectivity index (χ2v) is 20.3. The summed E-state index contributed by atoms with van der Waals surface area (Å²) < 4.78 is 19.2. The van der Waals surface area contributed by atoms with E-state index in [1.54, 1.807) is 0 Å². The van der Waals surface area contributed by atoms with Crippen molar-refractivity contribution in [3.63, 3.8) is 0 Å². The van der Waals surface area contributed by atoms with Gasteiger partial charge in [0, 0.05) is 0 Å². The quantitative estimate of drug-likeness (QED) is 0.442. The first-order valence-electron chi connectivity index (χ1n) is 10.1. The molecule has 0 aliphatic carbocycles. The van der Waals surface area contributed by atoms with Crippen LogP contribution >= 0.6 is 0 Å². The van der Waals surface area contributed by atoms with Gasteiger partial charge in [-0.2, -0.15) is 0 Å². The average molecular weight is 411 g/mol. The van der Waals surface area contributed by atoms with Gasteiger partial charge in [0.2, 0.25) is 0 Å². The molecule has 0 aliphatic rings. The third-order valence-electron chi connectivity index (χ3n) is 6.16. The van der Waals surface area contributed by atoms with Crippen LogP contribution in [-0.4, -0.2) is 36.0 Å². The van der Waals surface area contributed by atoms with Crippen LogP contribution in [0.15, 0.2) is 24.3 Å². The van der Waals surface area contributed by atoms with E-state index in [2.05, 4.69) is 86.8 Å². The molecule has 5 heteroatoms. The Bertz CT molecular complexity index is 568. The van der Waals surface area contributed by atoms with E-state index in [4.69, 9.17) is 13.6 Å². The predicted octanol–water partition coefficient (Wildman–Crippen LogP) is 6.79. The van der Waals surface area contributed by atoms with Crippen LogP contribution in [0.4, 0.5) is 0 Å². The molecule has 0 aliphatic heterocycles. The van der Waals surface area contributed by atoms with E-state index in [0.717, 1.165) is 5.75 Å². The van der Waals surface area contributed by atoms with Gasteiger partial charge in [-0.3, -0.25) is 0 Å². The molecule has 0 unspecified atom stereocenters. The molecule has 1 aromatic rings. The number of benzene rings is 1. The minimum Gasteiger partial charge on any atom is -0.486 e. The SMILES string of the molecule is Cc1cccc(OC(CO[Si](C)(C)C(C)(C)C)CO[Si](C)(C)C(C)(C)C)c1. The molecule has 3 nitrogen and oxygen atoms in total. The molecule has 0 saturated heterocycles. The average Bonchev–Trinajstić information content (AvgIpc) is 2.48. The Balaban J connectivity index is 2.89. The van der Waals surface area contributed by atoms with Gasteiger partial charge in [0.05, 0.1) is 13.2 Å². The van der Waals surface area contributed by atoms with E-state index >= 15 is 0 Å². The predicted molar refractivity (Wildman–Crippen MR) is 122 cm³/mol. The van der Waals surface area contributed by atoms with Gasteiger partial charge in [0.25, 0.3) is 0 Å². The molecular weight excluding hydrogens is 368 g/mol.